The van der Waals surface area contributed by atoms with E-state index in [2.05, 4.69) is 34.1 Å². The van der Waals surface area contributed by atoms with Gasteiger partial charge in [-0.15, -0.1) is 22.7 Å². The van der Waals surface area contributed by atoms with Crippen LogP contribution in [0.5, 0.6) is 0 Å². The zero-order valence-corrected chi connectivity index (χ0v) is 15.6. The Labute approximate surface area is 151 Å². The Morgan fingerprint density at radius 2 is 2.04 bits per heavy atom. The van der Waals surface area contributed by atoms with Crippen LogP contribution in [0.25, 0.3) is 10.2 Å². The second-order valence-electron chi connectivity index (χ2n) is 5.73. The van der Waals surface area contributed by atoms with E-state index in [1.165, 1.54) is 9.71 Å². The van der Waals surface area contributed by atoms with E-state index in [9.17, 15) is 4.79 Å². The quantitative estimate of drug-likeness (QED) is 0.589. The number of benzene rings is 1. The molecule has 1 aliphatic rings. The third-order valence-electron chi connectivity index (χ3n) is 4.26. The topological polar surface area (TPSA) is 33.2 Å². The van der Waals surface area contributed by atoms with Gasteiger partial charge in [0, 0.05) is 24.4 Å². The van der Waals surface area contributed by atoms with Crippen LogP contribution in [0, 0.1) is 0 Å². The van der Waals surface area contributed by atoms with Crippen molar-refractivity contribution in [3.8, 4) is 0 Å². The number of carbonyl (C=O) groups excluding carboxylic acids is 1. The first-order chi connectivity index (χ1) is 11.2. The number of thiazole rings is 1. The van der Waals surface area contributed by atoms with Crippen molar-refractivity contribution in [3.63, 3.8) is 0 Å². The fourth-order valence-electron chi connectivity index (χ4n) is 3.00. The molecule has 3 heterocycles. The molecule has 1 fully saturated rings. The molecule has 23 heavy (non-hydrogen) atoms. The van der Waals surface area contributed by atoms with Gasteiger partial charge in [0.1, 0.15) is 0 Å². The van der Waals surface area contributed by atoms with Crippen LogP contribution in [0.15, 0.2) is 39.5 Å². The predicted molar refractivity (Wildman–Crippen MR) is 99.5 cm³/mol. The van der Waals surface area contributed by atoms with Crippen LogP contribution in [0.1, 0.15) is 34.1 Å². The third-order valence-corrected chi connectivity index (χ3v) is 6.96. The van der Waals surface area contributed by atoms with E-state index in [1.54, 1.807) is 22.7 Å². The second kappa shape index (κ2) is 6.34. The SMILES string of the molecule is O=C(c1csc(Br)c1)N1CCC(c2nc3ccccc3s2)CC1. The summed E-state index contributed by atoms with van der Waals surface area (Å²) in [6, 6.07) is 10.2. The van der Waals surface area contributed by atoms with Gasteiger partial charge < -0.3 is 4.90 Å². The molecule has 118 valence electrons. The molecule has 0 radical (unpaired) electrons. The monoisotopic (exact) mass is 406 g/mol. The van der Waals surface area contributed by atoms with Gasteiger partial charge >= 0.3 is 0 Å². The highest BCUT2D eigenvalue weighted by atomic mass is 79.9. The molecular formula is C17H15BrN2OS2. The number of likely N-dealkylation sites (tertiary alicyclic amines) is 1. The van der Waals surface area contributed by atoms with Crippen LogP contribution in [0.4, 0.5) is 0 Å². The summed E-state index contributed by atoms with van der Waals surface area (Å²) >= 11 is 6.77. The maximum atomic E-state index is 12.5. The molecule has 2 aromatic heterocycles. The number of piperidine rings is 1. The zero-order valence-electron chi connectivity index (χ0n) is 12.4. The number of carbonyl (C=O) groups is 1. The Kier molecular flexibility index (Phi) is 4.22. The summed E-state index contributed by atoms with van der Waals surface area (Å²) < 4.78 is 2.26. The first-order valence-electron chi connectivity index (χ1n) is 7.59. The zero-order chi connectivity index (χ0) is 15.8. The number of para-hydroxylation sites is 1. The minimum atomic E-state index is 0.148. The molecule has 0 bridgehead atoms. The lowest BCUT2D eigenvalue weighted by atomic mass is 9.97. The number of thiophene rings is 1. The van der Waals surface area contributed by atoms with Gasteiger partial charge in [-0.3, -0.25) is 4.79 Å². The van der Waals surface area contributed by atoms with E-state index >= 15 is 0 Å². The second-order valence-corrected chi connectivity index (χ2v) is 9.08. The predicted octanol–water partition coefficient (Wildman–Crippen LogP) is 5.14. The van der Waals surface area contributed by atoms with Crippen molar-refractivity contribution in [1.29, 1.82) is 0 Å². The summed E-state index contributed by atoms with van der Waals surface area (Å²) in [5.41, 5.74) is 1.88. The molecule has 0 saturated carbocycles. The van der Waals surface area contributed by atoms with Crippen LogP contribution in [0.2, 0.25) is 0 Å². The Morgan fingerprint density at radius 3 is 2.74 bits per heavy atom. The summed E-state index contributed by atoms with van der Waals surface area (Å²) in [6.07, 6.45) is 1.99. The van der Waals surface area contributed by atoms with E-state index in [1.807, 2.05) is 22.4 Å². The molecule has 1 aromatic carbocycles. The van der Waals surface area contributed by atoms with Crippen LogP contribution in [-0.4, -0.2) is 28.9 Å². The largest absolute Gasteiger partial charge is 0.339 e. The van der Waals surface area contributed by atoms with E-state index in [0.717, 1.165) is 40.8 Å². The molecule has 1 amide bonds. The molecule has 0 unspecified atom stereocenters. The van der Waals surface area contributed by atoms with Crippen LogP contribution >= 0.6 is 38.6 Å². The van der Waals surface area contributed by atoms with Gasteiger partial charge in [0.15, 0.2) is 0 Å². The van der Waals surface area contributed by atoms with Gasteiger partial charge in [-0.1, -0.05) is 12.1 Å². The third kappa shape index (κ3) is 3.07. The van der Waals surface area contributed by atoms with Crippen LogP contribution in [0.3, 0.4) is 0 Å². The molecule has 1 aliphatic heterocycles. The van der Waals surface area contributed by atoms with Gasteiger partial charge in [0.25, 0.3) is 5.91 Å². The minimum absolute atomic E-state index is 0.148. The average molecular weight is 407 g/mol. The maximum absolute atomic E-state index is 12.5. The highest BCUT2D eigenvalue weighted by Crippen LogP contribution is 2.34. The van der Waals surface area contributed by atoms with Crippen molar-refractivity contribution in [2.24, 2.45) is 0 Å². The van der Waals surface area contributed by atoms with Gasteiger partial charge in [0.2, 0.25) is 0 Å². The Bertz CT molecular complexity index is 816. The van der Waals surface area contributed by atoms with E-state index in [0.29, 0.717) is 5.92 Å². The number of nitrogens with zero attached hydrogens (tertiary/aromatic N) is 2. The highest BCUT2D eigenvalue weighted by molar-refractivity contribution is 9.11. The van der Waals surface area contributed by atoms with E-state index in [-0.39, 0.29) is 5.91 Å². The summed E-state index contributed by atoms with van der Waals surface area (Å²) in [5.74, 6) is 0.625. The molecule has 3 aromatic rings. The number of hydrogen-bond acceptors (Lipinski definition) is 4. The molecule has 1 saturated heterocycles. The number of fused-ring (bicyclic) bond motifs is 1. The van der Waals surface area contributed by atoms with Crippen molar-refractivity contribution in [2.45, 2.75) is 18.8 Å². The van der Waals surface area contributed by atoms with Crippen molar-refractivity contribution < 1.29 is 4.79 Å². The summed E-state index contributed by atoms with van der Waals surface area (Å²) in [5, 5.41) is 3.14. The Hall–Kier alpha value is -1.24. The van der Waals surface area contributed by atoms with Crippen LogP contribution < -0.4 is 0 Å². The smallest absolute Gasteiger partial charge is 0.254 e. The highest BCUT2D eigenvalue weighted by Gasteiger charge is 2.26. The fourth-order valence-corrected chi connectivity index (χ4v) is 5.27. The lowest BCUT2D eigenvalue weighted by Gasteiger charge is -2.30. The summed E-state index contributed by atoms with van der Waals surface area (Å²) in [4.78, 5) is 19.2. The Morgan fingerprint density at radius 1 is 1.26 bits per heavy atom. The molecule has 0 aliphatic carbocycles. The lowest BCUT2D eigenvalue weighted by Crippen LogP contribution is -2.37. The first-order valence-corrected chi connectivity index (χ1v) is 10.1. The van der Waals surface area contributed by atoms with Crippen molar-refractivity contribution in [3.05, 3.63) is 50.1 Å². The van der Waals surface area contributed by atoms with Crippen molar-refractivity contribution >= 4 is 54.7 Å². The average Bonchev–Trinajstić information content (AvgIpc) is 3.20. The molecule has 0 atom stereocenters. The maximum Gasteiger partial charge on any atom is 0.254 e. The van der Waals surface area contributed by atoms with Gasteiger partial charge in [-0.2, -0.15) is 0 Å². The van der Waals surface area contributed by atoms with Gasteiger partial charge in [0.05, 0.1) is 24.6 Å². The van der Waals surface area contributed by atoms with Gasteiger partial charge in [-0.05, 0) is 47.0 Å². The number of amides is 1. The summed E-state index contributed by atoms with van der Waals surface area (Å²) in [6.45, 7) is 1.62. The normalized spacial score (nSPS) is 16.1. The summed E-state index contributed by atoms with van der Waals surface area (Å²) in [7, 11) is 0. The van der Waals surface area contributed by atoms with Crippen molar-refractivity contribution in [1.82, 2.24) is 9.88 Å². The number of rotatable bonds is 2. The van der Waals surface area contributed by atoms with E-state index < -0.39 is 0 Å². The molecular weight excluding hydrogens is 392 g/mol. The minimum Gasteiger partial charge on any atom is -0.339 e. The number of hydrogen-bond donors (Lipinski definition) is 0. The molecule has 6 heteroatoms. The molecule has 0 N–H and O–H groups in total. The Balaban J connectivity index is 1.45. The van der Waals surface area contributed by atoms with Crippen LogP contribution in [-0.2, 0) is 0 Å². The standard InChI is InChI=1S/C17H15BrN2OS2/c18-15-9-12(10-22-15)17(21)20-7-5-11(6-8-20)16-19-13-3-1-2-4-14(13)23-16/h1-4,9-11H,5-8H2. The van der Waals surface area contributed by atoms with Gasteiger partial charge in [-0.25, -0.2) is 4.98 Å². The first kappa shape index (κ1) is 15.3. The van der Waals surface area contributed by atoms with E-state index in [4.69, 9.17) is 4.98 Å². The number of halogens is 1. The molecule has 3 nitrogen and oxygen atoms in total. The molecule has 0 spiro atoms. The number of aromatic nitrogens is 1. The van der Waals surface area contributed by atoms with Crippen molar-refractivity contribution in [2.75, 3.05) is 13.1 Å². The lowest BCUT2D eigenvalue weighted by molar-refractivity contribution is 0.0713. The molecule has 4 rings (SSSR count). The fraction of sp³-hybridized carbons (Fsp3) is 0.294.